The quantitative estimate of drug-likeness (QED) is 0.420. The molecule has 2 atom stereocenters. The molecule has 0 saturated carbocycles. The van der Waals surface area contributed by atoms with E-state index in [4.69, 9.17) is 54.1 Å². The maximum Gasteiger partial charge on any atom is 0.231 e. The predicted octanol–water partition coefficient (Wildman–Crippen LogP) is 6.62. The molecule has 3 aliphatic heterocycles. The molecule has 0 unspecified atom stereocenters. The number of rotatable bonds is 2. The standard InChI is InChI=1S/C23H15Cl3N2O3/c24-13-3-6-20-16(8-13)19-10-18(12-1-5-21-22(7-12)30-11-29-21)27-28(19)23(31-20)15-4-2-14(25)9-17(15)26/h1-9,19,23H,10-11H2/t19-,23-/m0/s1. The molecule has 3 aromatic rings. The molecule has 0 radical (unpaired) electrons. The van der Waals surface area contributed by atoms with E-state index in [-0.39, 0.29) is 12.8 Å². The van der Waals surface area contributed by atoms with Crippen LogP contribution in [0.25, 0.3) is 0 Å². The SMILES string of the molecule is Clc1ccc([C@@H]2Oc3ccc(Cl)cc3[C@@H]3CC(c4ccc5c(c4)OCO5)=NN32)c(Cl)c1. The highest BCUT2D eigenvalue weighted by Crippen LogP contribution is 2.49. The largest absolute Gasteiger partial charge is 0.464 e. The van der Waals surface area contributed by atoms with Crippen molar-refractivity contribution in [2.45, 2.75) is 18.7 Å². The Hall–Kier alpha value is -2.60. The van der Waals surface area contributed by atoms with Crippen molar-refractivity contribution in [1.82, 2.24) is 5.01 Å². The Kier molecular flexibility index (Phi) is 4.46. The molecular formula is C23H15Cl3N2O3. The zero-order valence-electron chi connectivity index (χ0n) is 16.0. The minimum Gasteiger partial charge on any atom is -0.464 e. The molecule has 0 fully saturated rings. The van der Waals surface area contributed by atoms with Gasteiger partial charge >= 0.3 is 0 Å². The fourth-order valence-corrected chi connectivity index (χ4v) is 4.90. The Morgan fingerprint density at radius 3 is 2.45 bits per heavy atom. The lowest BCUT2D eigenvalue weighted by molar-refractivity contribution is -0.0189. The predicted molar refractivity (Wildman–Crippen MR) is 120 cm³/mol. The van der Waals surface area contributed by atoms with Crippen LogP contribution in [-0.4, -0.2) is 17.5 Å². The van der Waals surface area contributed by atoms with E-state index >= 15 is 0 Å². The molecular weight excluding hydrogens is 459 g/mol. The van der Waals surface area contributed by atoms with Crippen LogP contribution in [0, 0.1) is 0 Å². The molecule has 0 aliphatic carbocycles. The third-order valence-corrected chi connectivity index (χ3v) is 6.48. The highest BCUT2D eigenvalue weighted by molar-refractivity contribution is 6.35. The van der Waals surface area contributed by atoms with Gasteiger partial charge in [-0.3, -0.25) is 0 Å². The number of halogens is 3. The summed E-state index contributed by atoms with van der Waals surface area (Å²) in [6.45, 7) is 0.233. The smallest absolute Gasteiger partial charge is 0.231 e. The molecule has 0 saturated heterocycles. The topological polar surface area (TPSA) is 43.3 Å². The third-order valence-electron chi connectivity index (χ3n) is 5.69. The molecule has 0 amide bonds. The summed E-state index contributed by atoms with van der Waals surface area (Å²) in [5.41, 5.74) is 3.69. The van der Waals surface area contributed by atoms with Gasteiger partial charge in [-0.25, -0.2) is 5.01 Å². The second kappa shape index (κ2) is 7.23. The molecule has 0 bridgehead atoms. The summed E-state index contributed by atoms with van der Waals surface area (Å²) in [5, 5.41) is 8.65. The van der Waals surface area contributed by atoms with Gasteiger partial charge in [-0.2, -0.15) is 5.10 Å². The highest BCUT2D eigenvalue weighted by atomic mass is 35.5. The number of benzene rings is 3. The maximum atomic E-state index is 6.53. The summed E-state index contributed by atoms with van der Waals surface area (Å²) in [5.74, 6) is 2.23. The van der Waals surface area contributed by atoms with Crippen molar-refractivity contribution >= 4 is 40.5 Å². The van der Waals surface area contributed by atoms with Crippen LogP contribution in [0.2, 0.25) is 15.1 Å². The summed E-state index contributed by atoms with van der Waals surface area (Å²) in [6, 6.07) is 16.9. The molecule has 8 heteroatoms. The Balaban J connectivity index is 1.45. The van der Waals surface area contributed by atoms with E-state index in [1.54, 1.807) is 12.1 Å². The minimum absolute atomic E-state index is 0.0420. The lowest BCUT2D eigenvalue weighted by Crippen LogP contribution is -2.33. The van der Waals surface area contributed by atoms with Gasteiger partial charge in [-0.15, -0.1) is 0 Å². The van der Waals surface area contributed by atoms with Crippen molar-refractivity contribution < 1.29 is 14.2 Å². The van der Waals surface area contributed by atoms with Crippen molar-refractivity contribution in [3.05, 3.63) is 86.4 Å². The monoisotopic (exact) mass is 472 g/mol. The number of ether oxygens (including phenoxy) is 3. The lowest BCUT2D eigenvalue weighted by atomic mass is 9.95. The minimum atomic E-state index is -0.491. The first-order valence-electron chi connectivity index (χ1n) is 9.74. The zero-order valence-corrected chi connectivity index (χ0v) is 18.3. The molecule has 3 aromatic carbocycles. The molecule has 0 N–H and O–H groups in total. The number of hydrogen-bond acceptors (Lipinski definition) is 5. The van der Waals surface area contributed by atoms with Gasteiger partial charge in [0.2, 0.25) is 13.0 Å². The van der Waals surface area contributed by atoms with Crippen LogP contribution in [0.15, 0.2) is 59.7 Å². The van der Waals surface area contributed by atoms with Crippen molar-refractivity contribution in [2.24, 2.45) is 5.10 Å². The van der Waals surface area contributed by atoms with Gasteiger partial charge in [-0.05, 0) is 48.5 Å². The van der Waals surface area contributed by atoms with Gasteiger partial charge in [0.25, 0.3) is 0 Å². The van der Waals surface area contributed by atoms with Crippen LogP contribution in [0.3, 0.4) is 0 Å². The van der Waals surface area contributed by atoms with E-state index in [0.29, 0.717) is 21.5 Å². The van der Waals surface area contributed by atoms with E-state index in [1.165, 1.54) is 0 Å². The molecule has 31 heavy (non-hydrogen) atoms. The van der Waals surface area contributed by atoms with E-state index in [1.807, 2.05) is 47.5 Å². The molecule has 0 aromatic heterocycles. The third kappa shape index (κ3) is 3.19. The summed E-state index contributed by atoms with van der Waals surface area (Å²) < 4.78 is 17.3. The van der Waals surface area contributed by atoms with E-state index < -0.39 is 6.23 Å². The van der Waals surface area contributed by atoms with Crippen molar-refractivity contribution in [1.29, 1.82) is 0 Å². The average Bonchev–Trinajstić information content (AvgIpc) is 3.40. The molecule has 0 spiro atoms. The van der Waals surface area contributed by atoms with Crippen molar-refractivity contribution in [3.8, 4) is 17.2 Å². The Morgan fingerprint density at radius 1 is 0.806 bits per heavy atom. The molecule has 3 heterocycles. The number of hydrazone groups is 1. The van der Waals surface area contributed by atoms with Crippen molar-refractivity contribution in [3.63, 3.8) is 0 Å². The van der Waals surface area contributed by atoms with Crippen LogP contribution in [0.4, 0.5) is 0 Å². The zero-order chi connectivity index (χ0) is 21.1. The van der Waals surface area contributed by atoms with E-state index in [9.17, 15) is 0 Å². The average molecular weight is 474 g/mol. The Morgan fingerprint density at radius 2 is 1.58 bits per heavy atom. The second-order valence-electron chi connectivity index (χ2n) is 7.53. The van der Waals surface area contributed by atoms with Crippen molar-refractivity contribution in [2.75, 3.05) is 6.79 Å². The van der Waals surface area contributed by atoms with Crippen LogP contribution in [0.1, 0.15) is 35.4 Å². The van der Waals surface area contributed by atoms with Crippen LogP contribution < -0.4 is 14.2 Å². The van der Waals surface area contributed by atoms with Crippen LogP contribution in [-0.2, 0) is 0 Å². The second-order valence-corrected chi connectivity index (χ2v) is 8.81. The molecule has 6 rings (SSSR count). The van der Waals surface area contributed by atoms with Gasteiger partial charge in [-0.1, -0.05) is 40.9 Å². The number of nitrogens with zero attached hydrogens (tertiary/aromatic N) is 2. The first-order valence-corrected chi connectivity index (χ1v) is 10.9. The molecule has 156 valence electrons. The summed E-state index contributed by atoms with van der Waals surface area (Å²) >= 11 is 18.9. The first-order chi connectivity index (χ1) is 15.1. The fraction of sp³-hybridized carbons (Fsp3) is 0.174. The van der Waals surface area contributed by atoms with E-state index in [2.05, 4.69) is 0 Å². The normalized spacial score (nSPS) is 20.7. The summed E-state index contributed by atoms with van der Waals surface area (Å²) in [7, 11) is 0. The van der Waals surface area contributed by atoms with Gasteiger partial charge < -0.3 is 14.2 Å². The molecule has 3 aliphatic rings. The lowest BCUT2D eigenvalue weighted by Gasteiger charge is -2.38. The van der Waals surface area contributed by atoms with Gasteiger partial charge in [0.15, 0.2) is 11.5 Å². The van der Waals surface area contributed by atoms with Gasteiger partial charge in [0.1, 0.15) is 5.75 Å². The van der Waals surface area contributed by atoms with Gasteiger partial charge in [0, 0.05) is 33.2 Å². The first kappa shape index (κ1) is 19.1. The van der Waals surface area contributed by atoms with Crippen LogP contribution in [0.5, 0.6) is 17.2 Å². The molecule has 5 nitrogen and oxygen atoms in total. The fourth-order valence-electron chi connectivity index (χ4n) is 4.22. The van der Waals surface area contributed by atoms with E-state index in [0.717, 1.165) is 39.7 Å². The van der Waals surface area contributed by atoms with Gasteiger partial charge in [0.05, 0.1) is 16.8 Å². The van der Waals surface area contributed by atoms with Crippen LogP contribution >= 0.6 is 34.8 Å². The summed E-state index contributed by atoms with van der Waals surface area (Å²) in [4.78, 5) is 0. The summed E-state index contributed by atoms with van der Waals surface area (Å²) in [6.07, 6.45) is 0.202. The number of fused-ring (bicyclic) bond motifs is 4. The Bertz CT molecular complexity index is 1250. The highest BCUT2D eigenvalue weighted by Gasteiger charge is 2.42. The maximum absolute atomic E-state index is 6.53. The Labute approximate surface area is 193 Å². The number of hydrogen-bond donors (Lipinski definition) is 0.